The Balaban J connectivity index is 1.94. The molecule has 104 valence electrons. The lowest BCUT2D eigenvalue weighted by atomic mass is 10.2. The molecule has 0 unspecified atom stereocenters. The number of rotatable bonds is 5. The summed E-state index contributed by atoms with van der Waals surface area (Å²) in [5.41, 5.74) is 1.89. The smallest absolute Gasteiger partial charge is 0.249 e. The van der Waals surface area contributed by atoms with E-state index in [0.29, 0.717) is 10.8 Å². The van der Waals surface area contributed by atoms with Gasteiger partial charge in [0.05, 0.1) is 0 Å². The third-order valence-electron chi connectivity index (χ3n) is 2.68. The number of carbonyl (C=O) groups is 1. The van der Waals surface area contributed by atoms with E-state index in [2.05, 4.69) is 22.4 Å². The maximum atomic E-state index is 11.8. The Bertz CT molecular complexity index is 619. The first-order chi connectivity index (χ1) is 9.67. The highest BCUT2D eigenvalue weighted by molar-refractivity contribution is 6.30. The van der Waals surface area contributed by atoms with E-state index in [1.807, 2.05) is 18.2 Å². The van der Waals surface area contributed by atoms with Gasteiger partial charge in [-0.2, -0.15) is 5.10 Å². The Morgan fingerprint density at radius 1 is 1.45 bits per heavy atom. The van der Waals surface area contributed by atoms with Crippen LogP contribution in [0, 0.1) is 0 Å². The summed E-state index contributed by atoms with van der Waals surface area (Å²) in [6, 6.07) is 9.14. The zero-order valence-electron chi connectivity index (χ0n) is 11.2. The van der Waals surface area contributed by atoms with E-state index < -0.39 is 0 Å². The van der Waals surface area contributed by atoms with Crippen molar-refractivity contribution < 1.29 is 4.79 Å². The zero-order chi connectivity index (χ0) is 14.4. The van der Waals surface area contributed by atoms with Gasteiger partial charge in [0.25, 0.3) is 0 Å². The van der Waals surface area contributed by atoms with Crippen molar-refractivity contribution >= 4 is 29.4 Å². The molecule has 0 atom stereocenters. The van der Waals surface area contributed by atoms with Gasteiger partial charge in [-0.05, 0) is 30.2 Å². The molecule has 0 spiro atoms. The molecular formula is C15H16ClN3O. The molecule has 2 aromatic rings. The average molecular weight is 290 g/mol. The second-order valence-electron chi connectivity index (χ2n) is 4.41. The number of hydrogen-bond donors (Lipinski definition) is 2. The molecule has 1 amide bonds. The van der Waals surface area contributed by atoms with Gasteiger partial charge in [0.2, 0.25) is 5.91 Å². The minimum Gasteiger partial charge on any atom is -0.306 e. The van der Waals surface area contributed by atoms with Gasteiger partial charge in [-0.15, -0.1) is 0 Å². The molecule has 0 saturated heterocycles. The fourth-order valence-corrected chi connectivity index (χ4v) is 1.97. The second kappa shape index (κ2) is 6.91. The van der Waals surface area contributed by atoms with Crippen LogP contribution in [-0.4, -0.2) is 16.1 Å². The maximum Gasteiger partial charge on any atom is 0.249 e. The minimum absolute atomic E-state index is 0.223. The highest BCUT2D eigenvalue weighted by atomic mass is 35.5. The summed E-state index contributed by atoms with van der Waals surface area (Å²) in [5.74, 6) is 0.314. The van der Waals surface area contributed by atoms with Crippen LogP contribution in [0.3, 0.4) is 0 Å². The van der Waals surface area contributed by atoms with Crippen LogP contribution in [-0.2, 0) is 11.2 Å². The molecule has 1 heterocycles. The Kier molecular flexibility index (Phi) is 4.96. The standard InChI is InChI=1S/C15H16ClN3O/c1-2-4-13-10-14(19-18-13)17-15(20)8-7-11-5-3-6-12(16)9-11/h3,5-10H,2,4H2,1H3,(H2,17,18,19,20)/b8-7+. The van der Waals surface area contributed by atoms with Gasteiger partial charge >= 0.3 is 0 Å². The molecule has 1 aromatic heterocycles. The molecule has 1 aromatic carbocycles. The summed E-state index contributed by atoms with van der Waals surface area (Å²) in [6.07, 6.45) is 5.12. The number of hydrogen-bond acceptors (Lipinski definition) is 2. The van der Waals surface area contributed by atoms with Gasteiger partial charge in [-0.3, -0.25) is 9.89 Å². The summed E-state index contributed by atoms with van der Waals surface area (Å²) in [6.45, 7) is 2.09. The lowest BCUT2D eigenvalue weighted by Crippen LogP contribution is -2.07. The van der Waals surface area contributed by atoms with Gasteiger partial charge in [0.15, 0.2) is 5.82 Å². The van der Waals surface area contributed by atoms with Gasteiger partial charge in [-0.25, -0.2) is 0 Å². The third-order valence-corrected chi connectivity index (χ3v) is 2.91. The first kappa shape index (κ1) is 14.3. The predicted octanol–water partition coefficient (Wildman–Crippen LogP) is 3.67. The Morgan fingerprint density at radius 2 is 2.30 bits per heavy atom. The first-order valence-corrected chi connectivity index (χ1v) is 6.84. The Morgan fingerprint density at radius 3 is 3.05 bits per heavy atom. The van der Waals surface area contributed by atoms with Crippen molar-refractivity contribution in [2.24, 2.45) is 0 Å². The average Bonchev–Trinajstić information content (AvgIpc) is 2.84. The van der Waals surface area contributed by atoms with Gasteiger partial charge in [0, 0.05) is 22.9 Å². The fraction of sp³-hybridized carbons (Fsp3) is 0.200. The predicted molar refractivity (Wildman–Crippen MR) is 81.7 cm³/mol. The molecule has 0 aliphatic rings. The number of benzene rings is 1. The normalized spacial score (nSPS) is 10.9. The molecular weight excluding hydrogens is 274 g/mol. The molecule has 0 fully saturated rings. The van der Waals surface area contributed by atoms with Crippen LogP contribution in [0.2, 0.25) is 5.02 Å². The van der Waals surface area contributed by atoms with Gasteiger partial charge in [0.1, 0.15) is 0 Å². The summed E-state index contributed by atoms with van der Waals surface area (Å²) in [4.78, 5) is 11.8. The minimum atomic E-state index is -0.223. The van der Waals surface area contributed by atoms with E-state index in [-0.39, 0.29) is 5.91 Å². The molecule has 0 saturated carbocycles. The van der Waals surface area contributed by atoms with Crippen molar-refractivity contribution in [2.45, 2.75) is 19.8 Å². The lowest BCUT2D eigenvalue weighted by Gasteiger charge is -1.96. The number of carbonyl (C=O) groups excluding carboxylic acids is 1. The fourth-order valence-electron chi connectivity index (χ4n) is 1.77. The van der Waals surface area contributed by atoms with E-state index >= 15 is 0 Å². The number of nitrogens with zero attached hydrogens (tertiary/aromatic N) is 1. The topological polar surface area (TPSA) is 57.8 Å². The molecule has 2 N–H and O–H groups in total. The number of amides is 1. The van der Waals surface area contributed by atoms with Crippen molar-refractivity contribution in [1.82, 2.24) is 10.2 Å². The van der Waals surface area contributed by atoms with Crippen LogP contribution in [0.5, 0.6) is 0 Å². The van der Waals surface area contributed by atoms with Crippen molar-refractivity contribution in [2.75, 3.05) is 5.32 Å². The molecule has 0 radical (unpaired) electrons. The molecule has 2 rings (SSSR count). The van der Waals surface area contributed by atoms with Crippen molar-refractivity contribution in [1.29, 1.82) is 0 Å². The summed E-state index contributed by atoms with van der Waals surface area (Å²) in [7, 11) is 0. The van der Waals surface area contributed by atoms with Gasteiger partial charge < -0.3 is 5.32 Å². The highest BCUT2D eigenvalue weighted by Gasteiger charge is 2.02. The SMILES string of the molecule is CCCc1cc(NC(=O)/C=C/c2cccc(Cl)c2)n[nH]1. The van der Waals surface area contributed by atoms with E-state index in [1.54, 1.807) is 18.2 Å². The van der Waals surface area contributed by atoms with Crippen molar-refractivity contribution in [3.63, 3.8) is 0 Å². The summed E-state index contributed by atoms with van der Waals surface area (Å²) < 4.78 is 0. The molecule has 5 heteroatoms. The quantitative estimate of drug-likeness (QED) is 0.825. The molecule has 0 aliphatic carbocycles. The Hall–Kier alpha value is -2.07. The number of aromatic nitrogens is 2. The van der Waals surface area contributed by atoms with Crippen LogP contribution in [0.15, 0.2) is 36.4 Å². The Labute approximate surface area is 122 Å². The van der Waals surface area contributed by atoms with Crippen molar-refractivity contribution in [3.05, 3.63) is 52.7 Å². The molecule has 4 nitrogen and oxygen atoms in total. The van der Waals surface area contributed by atoms with Crippen molar-refractivity contribution in [3.8, 4) is 0 Å². The van der Waals surface area contributed by atoms with E-state index in [1.165, 1.54) is 6.08 Å². The van der Waals surface area contributed by atoms with Crippen LogP contribution in [0.25, 0.3) is 6.08 Å². The number of anilines is 1. The molecule has 20 heavy (non-hydrogen) atoms. The highest BCUT2D eigenvalue weighted by Crippen LogP contribution is 2.12. The van der Waals surface area contributed by atoms with Crippen LogP contribution in [0.4, 0.5) is 5.82 Å². The molecule has 0 bridgehead atoms. The number of H-pyrrole nitrogens is 1. The van der Waals surface area contributed by atoms with Gasteiger partial charge in [-0.1, -0.05) is 37.1 Å². The third kappa shape index (κ3) is 4.24. The summed E-state index contributed by atoms with van der Waals surface area (Å²) >= 11 is 5.87. The van der Waals surface area contributed by atoms with E-state index in [4.69, 9.17) is 11.6 Å². The van der Waals surface area contributed by atoms with E-state index in [9.17, 15) is 4.79 Å². The van der Waals surface area contributed by atoms with E-state index in [0.717, 1.165) is 24.1 Å². The second-order valence-corrected chi connectivity index (χ2v) is 4.84. The maximum absolute atomic E-state index is 11.8. The number of aromatic amines is 1. The number of aryl methyl sites for hydroxylation is 1. The van der Waals surface area contributed by atoms with Crippen LogP contribution >= 0.6 is 11.6 Å². The largest absolute Gasteiger partial charge is 0.306 e. The molecule has 0 aliphatic heterocycles. The lowest BCUT2D eigenvalue weighted by molar-refractivity contribution is -0.111. The summed E-state index contributed by atoms with van der Waals surface area (Å²) in [5, 5.41) is 10.3. The van der Waals surface area contributed by atoms with Crippen LogP contribution < -0.4 is 5.32 Å². The first-order valence-electron chi connectivity index (χ1n) is 6.46. The van der Waals surface area contributed by atoms with Crippen LogP contribution in [0.1, 0.15) is 24.6 Å². The zero-order valence-corrected chi connectivity index (χ0v) is 11.9. The number of halogens is 1. The number of nitrogens with one attached hydrogen (secondary N) is 2. The monoisotopic (exact) mass is 289 g/mol.